The lowest BCUT2D eigenvalue weighted by molar-refractivity contribution is -0.143. The van der Waals surface area contributed by atoms with Crippen molar-refractivity contribution in [1.29, 1.82) is 5.26 Å². The lowest BCUT2D eigenvalue weighted by Gasteiger charge is -2.26. The molecule has 0 fully saturated rings. The molecular weight excluding hydrogens is 482 g/mol. The van der Waals surface area contributed by atoms with Gasteiger partial charge in [-0.15, -0.1) is 0 Å². The van der Waals surface area contributed by atoms with Gasteiger partial charge in [-0.1, -0.05) is 30.3 Å². The average molecular weight is 514 g/mol. The predicted molar refractivity (Wildman–Crippen MR) is 142 cm³/mol. The van der Waals surface area contributed by atoms with Crippen LogP contribution in [-0.4, -0.2) is 62.7 Å². The van der Waals surface area contributed by atoms with Gasteiger partial charge in [0.25, 0.3) is 5.91 Å². The average Bonchev–Trinajstić information content (AvgIpc) is 2.94. The first kappa shape index (κ1) is 26.7. The minimum atomic E-state index is -0.484. The zero-order valence-corrected chi connectivity index (χ0v) is 21.8. The van der Waals surface area contributed by atoms with Crippen molar-refractivity contribution < 1.29 is 23.8 Å². The SMILES string of the molecule is COC(=O)C1CCOc2cc(Oc3ccc(C(=O)N(CCc4ccccc4)CN(C)C)cc3)c(C#N)cc21. The summed E-state index contributed by atoms with van der Waals surface area (Å²) in [7, 11) is 5.21. The molecule has 38 heavy (non-hydrogen) atoms. The van der Waals surface area contributed by atoms with Crippen LogP contribution in [0.15, 0.2) is 66.7 Å². The van der Waals surface area contributed by atoms with E-state index in [1.807, 2.05) is 42.1 Å². The fraction of sp³-hybridized carbons (Fsp3) is 0.300. The van der Waals surface area contributed by atoms with Gasteiger partial charge < -0.3 is 19.1 Å². The summed E-state index contributed by atoms with van der Waals surface area (Å²) in [5, 5.41) is 9.72. The van der Waals surface area contributed by atoms with Gasteiger partial charge in [0.2, 0.25) is 0 Å². The van der Waals surface area contributed by atoms with E-state index in [-0.39, 0.29) is 17.4 Å². The summed E-state index contributed by atoms with van der Waals surface area (Å²) in [5.74, 6) is 0.358. The Kier molecular flexibility index (Phi) is 8.62. The molecule has 1 atom stereocenters. The van der Waals surface area contributed by atoms with Crippen LogP contribution >= 0.6 is 0 Å². The quantitative estimate of drug-likeness (QED) is 0.305. The van der Waals surface area contributed by atoms with E-state index < -0.39 is 5.92 Å². The van der Waals surface area contributed by atoms with Gasteiger partial charge in [-0.25, -0.2) is 0 Å². The highest BCUT2D eigenvalue weighted by Crippen LogP contribution is 2.40. The lowest BCUT2D eigenvalue weighted by atomic mass is 9.91. The Morgan fingerprint density at radius 3 is 2.47 bits per heavy atom. The topological polar surface area (TPSA) is 92.1 Å². The molecule has 8 heteroatoms. The maximum absolute atomic E-state index is 13.3. The van der Waals surface area contributed by atoms with E-state index in [9.17, 15) is 14.9 Å². The Morgan fingerprint density at radius 1 is 1.08 bits per heavy atom. The Bertz CT molecular complexity index is 1320. The number of methoxy groups -OCH3 is 1. The molecular formula is C30H31N3O5. The van der Waals surface area contributed by atoms with Crippen molar-refractivity contribution in [1.82, 2.24) is 9.80 Å². The number of carbonyl (C=O) groups excluding carboxylic acids is 2. The molecule has 1 aliphatic rings. The van der Waals surface area contributed by atoms with Gasteiger partial charge in [-0.2, -0.15) is 5.26 Å². The van der Waals surface area contributed by atoms with Gasteiger partial charge >= 0.3 is 5.97 Å². The van der Waals surface area contributed by atoms with E-state index in [4.69, 9.17) is 14.2 Å². The van der Waals surface area contributed by atoms with Gasteiger partial charge in [0, 0.05) is 23.7 Å². The minimum absolute atomic E-state index is 0.0741. The van der Waals surface area contributed by atoms with E-state index in [1.54, 1.807) is 36.4 Å². The Balaban J connectivity index is 1.50. The number of benzene rings is 3. The number of hydrogen-bond acceptors (Lipinski definition) is 7. The van der Waals surface area contributed by atoms with Gasteiger partial charge in [0.15, 0.2) is 0 Å². The van der Waals surface area contributed by atoms with Crippen LogP contribution in [0.25, 0.3) is 0 Å². The first-order valence-corrected chi connectivity index (χ1v) is 12.4. The molecule has 3 aromatic rings. The second-order valence-corrected chi connectivity index (χ2v) is 9.36. The van der Waals surface area contributed by atoms with Crippen LogP contribution in [0.4, 0.5) is 0 Å². The summed E-state index contributed by atoms with van der Waals surface area (Å²) in [5.41, 5.74) is 2.61. The van der Waals surface area contributed by atoms with Crippen molar-refractivity contribution in [2.45, 2.75) is 18.8 Å². The van der Waals surface area contributed by atoms with Crippen molar-refractivity contribution >= 4 is 11.9 Å². The van der Waals surface area contributed by atoms with E-state index in [0.717, 1.165) is 6.42 Å². The van der Waals surface area contributed by atoms with E-state index >= 15 is 0 Å². The van der Waals surface area contributed by atoms with Crippen LogP contribution < -0.4 is 9.47 Å². The molecule has 1 aliphatic heterocycles. The molecule has 0 radical (unpaired) electrons. The van der Waals surface area contributed by atoms with Crippen molar-refractivity contribution in [3.05, 3.63) is 89.0 Å². The standard InChI is InChI=1S/C30H31N3O5/c1-32(2)20-33(15-13-21-7-5-4-6-8-21)29(34)22-9-11-24(12-10-22)38-27-18-28-26(17-23(27)19-31)25(14-16-37-28)30(35)36-3/h4-12,17-18,25H,13-16,20H2,1-3H3. The summed E-state index contributed by atoms with van der Waals surface area (Å²) in [6.07, 6.45) is 1.24. The first-order chi connectivity index (χ1) is 18.4. The van der Waals surface area contributed by atoms with E-state index in [0.29, 0.717) is 54.6 Å². The Morgan fingerprint density at radius 2 is 1.82 bits per heavy atom. The summed E-state index contributed by atoms with van der Waals surface area (Å²) in [6.45, 7) is 1.45. The summed E-state index contributed by atoms with van der Waals surface area (Å²) in [6, 6.07) is 22.3. The maximum Gasteiger partial charge on any atom is 0.313 e. The number of nitrogens with zero attached hydrogens (tertiary/aromatic N) is 3. The van der Waals surface area contributed by atoms with Crippen LogP contribution in [0.3, 0.4) is 0 Å². The molecule has 8 nitrogen and oxygen atoms in total. The number of ether oxygens (including phenoxy) is 3. The summed E-state index contributed by atoms with van der Waals surface area (Å²) in [4.78, 5) is 29.3. The summed E-state index contributed by atoms with van der Waals surface area (Å²) >= 11 is 0. The molecule has 4 rings (SSSR count). The van der Waals surface area contributed by atoms with E-state index in [2.05, 4.69) is 18.2 Å². The highest BCUT2D eigenvalue weighted by molar-refractivity contribution is 5.94. The predicted octanol–water partition coefficient (Wildman–Crippen LogP) is 4.59. The van der Waals surface area contributed by atoms with Gasteiger partial charge in [-0.3, -0.25) is 14.5 Å². The fourth-order valence-corrected chi connectivity index (χ4v) is 4.44. The zero-order valence-electron chi connectivity index (χ0n) is 21.8. The van der Waals surface area contributed by atoms with Crippen LogP contribution in [-0.2, 0) is 16.0 Å². The zero-order chi connectivity index (χ0) is 27.1. The highest BCUT2D eigenvalue weighted by Gasteiger charge is 2.30. The van der Waals surface area contributed by atoms with Crippen LogP contribution in [0.5, 0.6) is 17.2 Å². The van der Waals surface area contributed by atoms with Gasteiger partial charge in [-0.05, 0) is 62.8 Å². The number of nitriles is 1. The molecule has 0 spiro atoms. The molecule has 1 amide bonds. The molecule has 1 heterocycles. The number of rotatable bonds is 9. The third-order valence-electron chi connectivity index (χ3n) is 6.34. The first-order valence-electron chi connectivity index (χ1n) is 12.4. The number of fused-ring (bicyclic) bond motifs is 1. The lowest BCUT2D eigenvalue weighted by Crippen LogP contribution is -2.39. The van der Waals surface area contributed by atoms with Crippen LogP contribution in [0, 0.1) is 11.3 Å². The largest absolute Gasteiger partial charge is 0.493 e. The third kappa shape index (κ3) is 6.31. The van der Waals surface area contributed by atoms with Gasteiger partial charge in [0.1, 0.15) is 23.3 Å². The molecule has 0 saturated carbocycles. The van der Waals surface area contributed by atoms with Crippen molar-refractivity contribution in [3.8, 4) is 23.3 Å². The Labute approximate surface area is 222 Å². The maximum atomic E-state index is 13.3. The van der Waals surface area contributed by atoms with Crippen molar-refractivity contribution in [2.24, 2.45) is 0 Å². The summed E-state index contributed by atoms with van der Waals surface area (Å²) < 4.78 is 16.6. The molecule has 1 unspecified atom stereocenters. The monoisotopic (exact) mass is 513 g/mol. The number of esters is 1. The molecule has 0 aromatic heterocycles. The van der Waals surface area contributed by atoms with Gasteiger partial charge in [0.05, 0.1) is 31.9 Å². The van der Waals surface area contributed by atoms with Crippen molar-refractivity contribution in [3.63, 3.8) is 0 Å². The number of carbonyl (C=O) groups is 2. The number of amides is 1. The normalized spacial score (nSPS) is 14.1. The third-order valence-corrected chi connectivity index (χ3v) is 6.34. The highest BCUT2D eigenvalue weighted by atomic mass is 16.5. The minimum Gasteiger partial charge on any atom is -0.493 e. The Hall–Kier alpha value is -4.35. The molecule has 196 valence electrons. The second kappa shape index (κ2) is 12.3. The molecule has 0 N–H and O–H groups in total. The molecule has 0 bridgehead atoms. The smallest absolute Gasteiger partial charge is 0.313 e. The fourth-order valence-electron chi connectivity index (χ4n) is 4.44. The van der Waals surface area contributed by atoms with Crippen LogP contribution in [0.2, 0.25) is 0 Å². The van der Waals surface area contributed by atoms with E-state index in [1.165, 1.54) is 12.7 Å². The second-order valence-electron chi connectivity index (χ2n) is 9.36. The molecule has 0 saturated heterocycles. The van der Waals surface area contributed by atoms with Crippen molar-refractivity contribution in [2.75, 3.05) is 41.0 Å². The van der Waals surface area contributed by atoms with Crippen LogP contribution in [0.1, 0.15) is 39.4 Å². The molecule has 3 aromatic carbocycles. The number of hydrogen-bond donors (Lipinski definition) is 0. The molecule has 0 aliphatic carbocycles.